The molecule has 3 rings (SSSR count). The summed E-state index contributed by atoms with van der Waals surface area (Å²) in [5, 5.41) is 0. The van der Waals surface area contributed by atoms with Crippen LogP contribution in [-0.2, 0) is 4.74 Å². The normalized spacial score (nSPS) is 28.2. The first kappa shape index (κ1) is 7.77. The van der Waals surface area contributed by atoms with E-state index in [-0.39, 0.29) is 12.2 Å². The van der Waals surface area contributed by atoms with Gasteiger partial charge in [0.05, 0.1) is 0 Å². The van der Waals surface area contributed by atoms with Crippen molar-refractivity contribution < 1.29 is 4.74 Å². The molecule has 0 fully saturated rings. The Hall–Kier alpha value is -0.600. The number of ether oxygens (including phenoxy) is 1. The van der Waals surface area contributed by atoms with E-state index in [4.69, 9.17) is 4.74 Å². The van der Waals surface area contributed by atoms with Gasteiger partial charge in [0.2, 0.25) is 0 Å². The van der Waals surface area contributed by atoms with Crippen molar-refractivity contribution >= 4 is 15.9 Å². The van der Waals surface area contributed by atoms with E-state index in [0.29, 0.717) is 0 Å². The molecule has 2 heterocycles. The smallest absolute Gasteiger partial charge is 0.103 e. The van der Waals surface area contributed by atoms with E-state index in [1.165, 1.54) is 21.2 Å². The molecule has 1 aromatic rings. The molecule has 2 bridgehead atoms. The lowest BCUT2D eigenvalue weighted by atomic mass is 9.95. The lowest BCUT2D eigenvalue weighted by molar-refractivity contribution is 0.0876. The maximum absolute atomic E-state index is 5.74. The summed E-state index contributed by atoms with van der Waals surface area (Å²) in [6, 6.07) is 4.31. The molecule has 0 saturated carbocycles. The highest BCUT2D eigenvalue weighted by atomic mass is 79.9. The minimum atomic E-state index is 0.189. The van der Waals surface area contributed by atoms with Gasteiger partial charge in [0.1, 0.15) is 12.2 Å². The van der Waals surface area contributed by atoms with Gasteiger partial charge in [-0.25, -0.2) is 0 Å². The van der Waals surface area contributed by atoms with Crippen LogP contribution >= 0.6 is 15.9 Å². The molecule has 0 spiro atoms. The summed E-state index contributed by atoms with van der Waals surface area (Å²) >= 11 is 3.62. The Balaban J connectivity index is 2.30. The topological polar surface area (TPSA) is 9.23 Å². The largest absolute Gasteiger partial charge is 0.357 e. The van der Waals surface area contributed by atoms with E-state index in [0.717, 1.165) is 0 Å². The second-order valence-electron chi connectivity index (χ2n) is 3.56. The number of rotatable bonds is 0. The SMILES string of the molecule is Cc1ccc2c(c1Br)C1C=CC2O1. The van der Waals surface area contributed by atoms with Crippen LogP contribution in [-0.4, -0.2) is 0 Å². The van der Waals surface area contributed by atoms with E-state index in [1.807, 2.05) is 0 Å². The van der Waals surface area contributed by atoms with Crippen molar-refractivity contribution in [3.63, 3.8) is 0 Å². The van der Waals surface area contributed by atoms with E-state index < -0.39 is 0 Å². The van der Waals surface area contributed by atoms with Crippen molar-refractivity contribution in [2.45, 2.75) is 19.1 Å². The molecule has 1 nitrogen and oxygen atoms in total. The van der Waals surface area contributed by atoms with Gasteiger partial charge in [-0.15, -0.1) is 0 Å². The lowest BCUT2D eigenvalue weighted by Gasteiger charge is -2.10. The lowest BCUT2D eigenvalue weighted by Crippen LogP contribution is -1.95. The Kier molecular flexibility index (Phi) is 1.47. The summed E-state index contributed by atoms with van der Waals surface area (Å²) in [6.45, 7) is 2.11. The molecular formula is C11H9BrO. The quantitative estimate of drug-likeness (QED) is 0.628. The highest BCUT2D eigenvalue weighted by molar-refractivity contribution is 9.10. The molecule has 2 unspecified atom stereocenters. The molecular weight excluding hydrogens is 228 g/mol. The number of halogens is 1. The Morgan fingerprint density at radius 1 is 1.23 bits per heavy atom. The second-order valence-corrected chi connectivity index (χ2v) is 4.35. The summed E-state index contributed by atoms with van der Waals surface area (Å²) < 4.78 is 6.95. The average Bonchev–Trinajstić information content (AvgIpc) is 2.70. The molecule has 1 aromatic carbocycles. The summed E-state index contributed by atoms with van der Waals surface area (Å²) in [5.74, 6) is 0. The van der Waals surface area contributed by atoms with Crippen molar-refractivity contribution in [3.8, 4) is 0 Å². The molecule has 2 heteroatoms. The molecule has 2 atom stereocenters. The molecule has 0 N–H and O–H groups in total. The van der Waals surface area contributed by atoms with Gasteiger partial charge in [-0.05, 0) is 18.1 Å². The zero-order valence-electron chi connectivity index (χ0n) is 7.25. The van der Waals surface area contributed by atoms with Crippen molar-refractivity contribution in [2.75, 3.05) is 0 Å². The van der Waals surface area contributed by atoms with Crippen molar-refractivity contribution in [1.29, 1.82) is 0 Å². The van der Waals surface area contributed by atoms with Crippen LogP contribution in [0.2, 0.25) is 0 Å². The van der Waals surface area contributed by atoms with Gasteiger partial charge in [0, 0.05) is 10.0 Å². The van der Waals surface area contributed by atoms with Crippen LogP contribution in [0.4, 0.5) is 0 Å². The van der Waals surface area contributed by atoms with Crippen LogP contribution in [0.1, 0.15) is 28.9 Å². The van der Waals surface area contributed by atoms with Gasteiger partial charge >= 0.3 is 0 Å². The zero-order chi connectivity index (χ0) is 9.00. The van der Waals surface area contributed by atoms with E-state index in [1.54, 1.807) is 0 Å². The minimum Gasteiger partial charge on any atom is -0.357 e. The molecule has 0 aliphatic carbocycles. The molecule has 0 radical (unpaired) electrons. The summed E-state index contributed by atoms with van der Waals surface area (Å²) in [5.41, 5.74) is 3.93. The summed E-state index contributed by atoms with van der Waals surface area (Å²) in [6.07, 6.45) is 4.66. The molecule has 0 saturated heterocycles. The summed E-state index contributed by atoms with van der Waals surface area (Å²) in [4.78, 5) is 0. The first-order valence-electron chi connectivity index (χ1n) is 4.40. The van der Waals surface area contributed by atoms with Crippen LogP contribution in [0.3, 0.4) is 0 Å². The Labute approximate surface area is 85.5 Å². The predicted molar refractivity (Wildman–Crippen MR) is 54.6 cm³/mol. The Bertz CT molecular complexity index is 409. The fraction of sp³-hybridized carbons (Fsp3) is 0.273. The fourth-order valence-electron chi connectivity index (χ4n) is 2.05. The van der Waals surface area contributed by atoms with E-state index in [2.05, 4.69) is 47.1 Å². The van der Waals surface area contributed by atoms with Gasteiger partial charge in [-0.2, -0.15) is 0 Å². The molecule has 2 aliphatic rings. The standard InChI is InChI=1S/C11H9BrO/c1-6-2-3-7-8-4-5-9(13-8)10(7)11(6)12/h2-5,8-9H,1H3. The van der Waals surface area contributed by atoms with E-state index >= 15 is 0 Å². The highest BCUT2D eigenvalue weighted by Crippen LogP contribution is 2.49. The number of hydrogen-bond acceptors (Lipinski definition) is 1. The first-order chi connectivity index (χ1) is 6.27. The number of hydrogen-bond donors (Lipinski definition) is 0. The number of benzene rings is 1. The maximum Gasteiger partial charge on any atom is 0.103 e. The van der Waals surface area contributed by atoms with Gasteiger partial charge < -0.3 is 4.74 Å². The Morgan fingerprint density at radius 3 is 2.85 bits per heavy atom. The summed E-state index contributed by atoms with van der Waals surface area (Å²) in [7, 11) is 0. The van der Waals surface area contributed by atoms with Crippen LogP contribution in [0.25, 0.3) is 0 Å². The maximum atomic E-state index is 5.74. The van der Waals surface area contributed by atoms with Gasteiger partial charge in [-0.3, -0.25) is 0 Å². The highest BCUT2D eigenvalue weighted by Gasteiger charge is 2.35. The van der Waals surface area contributed by atoms with Crippen LogP contribution in [0.15, 0.2) is 28.8 Å². The molecule has 0 aromatic heterocycles. The van der Waals surface area contributed by atoms with Gasteiger partial charge in [-0.1, -0.05) is 40.2 Å². The van der Waals surface area contributed by atoms with Crippen LogP contribution < -0.4 is 0 Å². The third kappa shape index (κ3) is 0.903. The minimum absolute atomic E-state index is 0.189. The second kappa shape index (κ2) is 2.46. The third-order valence-electron chi connectivity index (χ3n) is 2.75. The van der Waals surface area contributed by atoms with Crippen molar-refractivity contribution in [2.24, 2.45) is 0 Å². The average molecular weight is 237 g/mol. The number of fused-ring (bicyclic) bond motifs is 5. The van der Waals surface area contributed by atoms with Crippen molar-refractivity contribution in [1.82, 2.24) is 0 Å². The zero-order valence-corrected chi connectivity index (χ0v) is 8.84. The predicted octanol–water partition coefficient (Wildman–Crippen LogP) is 3.44. The fourth-order valence-corrected chi connectivity index (χ4v) is 2.63. The van der Waals surface area contributed by atoms with Crippen LogP contribution in [0, 0.1) is 6.92 Å². The van der Waals surface area contributed by atoms with Gasteiger partial charge in [0.15, 0.2) is 0 Å². The van der Waals surface area contributed by atoms with Crippen LogP contribution in [0.5, 0.6) is 0 Å². The first-order valence-corrected chi connectivity index (χ1v) is 5.19. The van der Waals surface area contributed by atoms with Gasteiger partial charge in [0.25, 0.3) is 0 Å². The Morgan fingerprint density at radius 2 is 2.00 bits per heavy atom. The molecule has 0 amide bonds. The molecule has 66 valence electrons. The van der Waals surface area contributed by atoms with Crippen molar-refractivity contribution in [3.05, 3.63) is 45.4 Å². The molecule has 2 aliphatic heterocycles. The third-order valence-corrected chi connectivity index (χ3v) is 3.80. The monoisotopic (exact) mass is 236 g/mol. The number of aryl methyl sites for hydroxylation is 1. The molecule has 13 heavy (non-hydrogen) atoms. The van der Waals surface area contributed by atoms with E-state index in [9.17, 15) is 0 Å².